The second-order valence-corrected chi connectivity index (χ2v) is 7.78. The second-order valence-electron chi connectivity index (χ2n) is 7.37. The van der Waals surface area contributed by atoms with Crippen LogP contribution in [0, 0.1) is 0 Å². The number of ether oxygens (including phenoxy) is 1. The van der Waals surface area contributed by atoms with E-state index in [0.717, 1.165) is 28.1 Å². The van der Waals surface area contributed by atoms with Crippen molar-refractivity contribution in [2.45, 2.75) is 19.4 Å². The average molecular weight is 421 g/mol. The lowest BCUT2D eigenvalue weighted by atomic mass is 10.0. The quantitative estimate of drug-likeness (QED) is 0.497. The second kappa shape index (κ2) is 7.89. The topological polar surface area (TPSA) is 73.1 Å². The lowest BCUT2D eigenvalue weighted by molar-refractivity contribution is 0.0734. The number of para-hydroxylation sites is 1. The van der Waals surface area contributed by atoms with E-state index < -0.39 is 5.60 Å². The zero-order chi connectivity index (χ0) is 21.3. The molecule has 7 heteroatoms. The third-order valence-corrected chi connectivity index (χ3v) is 5.06. The first kappa shape index (κ1) is 20.1. The van der Waals surface area contributed by atoms with Crippen molar-refractivity contribution in [2.75, 3.05) is 7.11 Å². The maximum absolute atomic E-state index is 10.5. The molecule has 0 saturated carbocycles. The van der Waals surface area contributed by atoms with Crippen LogP contribution in [0.5, 0.6) is 6.01 Å². The van der Waals surface area contributed by atoms with E-state index in [9.17, 15) is 5.11 Å². The summed E-state index contributed by atoms with van der Waals surface area (Å²) in [5, 5.41) is 15.7. The number of rotatable bonds is 5. The highest BCUT2D eigenvalue weighted by Crippen LogP contribution is 2.32. The van der Waals surface area contributed by atoms with E-state index in [0.29, 0.717) is 16.7 Å². The van der Waals surface area contributed by atoms with Crippen molar-refractivity contribution >= 4 is 11.6 Å². The standard InChI is InChI=1S/C23H21ClN4O2/c1-23(2,29)21-12-20(28(27-21)19-7-5-4-6-18(19)24)16-10-8-15(9-11-16)17-13-25-22(30-3)26-14-17/h4-14,29H,1-3H3. The molecule has 4 rings (SSSR count). The number of methoxy groups -OCH3 is 1. The van der Waals surface area contributed by atoms with Crippen molar-refractivity contribution in [3.05, 3.63) is 77.7 Å². The predicted molar refractivity (Wildman–Crippen MR) is 117 cm³/mol. The first-order chi connectivity index (χ1) is 14.4. The van der Waals surface area contributed by atoms with Gasteiger partial charge in [-0.1, -0.05) is 48.0 Å². The molecule has 0 amide bonds. The largest absolute Gasteiger partial charge is 0.467 e. The third-order valence-electron chi connectivity index (χ3n) is 4.74. The Kier molecular flexibility index (Phi) is 5.28. The van der Waals surface area contributed by atoms with Crippen LogP contribution in [0.25, 0.3) is 28.1 Å². The van der Waals surface area contributed by atoms with Crippen molar-refractivity contribution in [1.82, 2.24) is 19.7 Å². The SMILES string of the molecule is COc1ncc(-c2ccc(-c3cc(C(C)(C)O)nn3-c3ccccc3Cl)cc2)cn1. The molecule has 0 fully saturated rings. The summed E-state index contributed by atoms with van der Waals surface area (Å²) in [5.74, 6) is 0. The fraction of sp³-hybridized carbons (Fsp3) is 0.174. The van der Waals surface area contributed by atoms with Gasteiger partial charge in [0.05, 0.1) is 29.2 Å². The molecule has 6 nitrogen and oxygen atoms in total. The van der Waals surface area contributed by atoms with Crippen LogP contribution >= 0.6 is 11.6 Å². The molecule has 0 unspecified atom stereocenters. The van der Waals surface area contributed by atoms with Gasteiger partial charge in [-0.15, -0.1) is 0 Å². The minimum atomic E-state index is -1.08. The fourth-order valence-electron chi connectivity index (χ4n) is 3.10. The summed E-state index contributed by atoms with van der Waals surface area (Å²) >= 11 is 6.42. The van der Waals surface area contributed by atoms with Gasteiger partial charge >= 0.3 is 6.01 Å². The fourth-order valence-corrected chi connectivity index (χ4v) is 3.31. The molecule has 0 atom stereocenters. The van der Waals surface area contributed by atoms with Gasteiger partial charge in [-0.2, -0.15) is 5.10 Å². The molecule has 0 aliphatic rings. The van der Waals surface area contributed by atoms with E-state index in [4.69, 9.17) is 16.3 Å². The van der Waals surface area contributed by atoms with Gasteiger partial charge in [0.1, 0.15) is 5.60 Å². The summed E-state index contributed by atoms with van der Waals surface area (Å²) in [7, 11) is 1.54. The van der Waals surface area contributed by atoms with E-state index in [1.807, 2.05) is 54.6 Å². The van der Waals surface area contributed by atoms with E-state index in [-0.39, 0.29) is 0 Å². The van der Waals surface area contributed by atoms with Crippen LogP contribution in [0.1, 0.15) is 19.5 Å². The van der Waals surface area contributed by atoms with Crippen LogP contribution in [0.4, 0.5) is 0 Å². The number of benzene rings is 2. The summed E-state index contributed by atoms with van der Waals surface area (Å²) in [5.41, 5.74) is 3.87. The molecule has 2 aromatic heterocycles. The molecule has 30 heavy (non-hydrogen) atoms. The third kappa shape index (κ3) is 3.92. The van der Waals surface area contributed by atoms with Gasteiger partial charge in [0.2, 0.25) is 0 Å². The molecule has 1 N–H and O–H groups in total. The van der Waals surface area contributed by atoms with E-state index >= 15 is 0 Å². The van der Waals surface area contributed by atoms with Gasteiger partial charge in [0, 0.05) is 23.5 Å². The Morgan fingerprint density at radius 2 is 1.57 bits per heavy atom. The van der Waals surface area contributed by atoms with Crippen molar-refractivity contribution < 1.29 is 9.84 Å². The monoisotopic (exact) mass is 420 g/mol. The molecule has 0 bridgehead atoms. The van der Waals surface area contributed by atoms with Gasteiger partial charge in [0.25, 0.3) is 0 Å². The van der Waals surface area contributed by atoms with Crippen LogP contribution in [0.2, 0.25) is 5.02 Å². The van der Waals surface area contributed by atoms with E-state index in [2.05, 4.69) is 15.1 Å². The smallest absolute Gasteiger partial charge is 0.316 e. The van der Waals surface area contributed by atoms with Crippen molar-refractivity contribution in [3.8, 4) is 34.1 Å². The Morgan fingerprint density at radius 1 is 0.933 bits per heavy atom. The molecule has 2 aromatic carbocycles. The molecule has 4 aromatic rings. The molecule has 2 heterocycles. The average Bonchev–Trinajstić information content (AvgIpc) is 3.20. The molecule has 0 radical (unpaired) electrons. The van der Waals surface area contributed by atoms with Crippen molar-refractivity contribution in [1.29, 1.82) is 0 Å². The van der Waals surface area contributed by atoms with Crippen molar-refractivity contribution in [3.63, 3.8) is 0 Å². The molecule has 0 aliphatic carbocycles. The zero-order valence-corrected chi connectivity index (χ0v) is 17.6. The highest BCUT2D eigenvalue weighted by atomic mass is 35.5. The van der Waals surface area contributed by atoms with Crippen LogP contribution < -0.4 is 4.74 Å². The summed E-state index contributed by atoms with van der Waals surface area (Å²) in [6.45, 7) is 3.42. The number of hydrogen-bond donors (Lipinski definition) is 1. The van der Waals surface area contributed by atoms with Gasteiger partial charge in [-0.05, 0) is 37.6 Å². The van der Waals surface area contributed by atoms with Gasteiger partial charge in [0.15, 0.2) is 0 Å². The predicted octanol–water partition coefficient (Wildman–Crippen LogP) is 4.89. The molecule has 0 saturated heterocycles. The first-order valence-electron chi connectivity index (χ1n) is 9.41. The van der Waals surface area contributed by atoms with E-state index in [1.165, 1.54) is 7.11 Å². The number of nitrogens with zero attached hydrogens (tertiary/aromatic N) is 4. The highest BCUT2D eigenvalue weighted by Gasteiger charge is 2.23. The molecule has 0 spiro atoms. The Bertz CT molecular complexity index is 1160. The maximum atomic E-state index is 10.5. The van der Waals surface area contributed by atoms with E-state index in [1.54, 1.807) is 30.9 Å². The van der Waals surface area contributed by atoms with Crippen LogP contribution in [-0.4, -0.2) is 32.0 Å². The Labute approximate surface area is 179 Å². The van der Waals surface area contributed by atoms with Crippen LogP contribution in [0.3, 0.4) is 0 Å². The van der Waals surface area contributed by atoms with Gasteiger partial charge in [-0.3, -0.25) is 0 Å². The lowest BCUT2D eigenvalue weighted by Gasteiger charge is -2.13. The van der Waals surface area contributed by atoms with Crippen LogP contribution in [0.15, 0.2) is 67.0 Å². The summed E-state index contributed by atoms with van der Waals surface area (Å²) < 4.78 is 6.78. The number of halogens is 1. The van der Waals surface area contributed by atoms with Gasteiger partial charge < -0.3 is 9.84 Å². The molecular formula is C23H21ClN4O2. The maximum Gasteiger partial charge on any atom is 0.316 e. The van der Waals surface area contributed by atoms with Crippen LogP contribution in [-0.2, 0) is 5.60 Å². The zero-order valence-electron chi connectivity index (χ0n) is 16.9. The number of hydrogen-bond acceptors (Lipinski definition) is 5. The Balaban J connectivity index is 1.77. The highest BCUT2D eigenvalue weighted by molar-refractivity contribution is 6.32. The van der Waals surface area contributed by atoms with Crippen molar-refractivity contribution in [2.24, 2.45) is 0 Å². The normalized spacial score (nSPS) is 11.5. The summed E-state index contributed by atoms with van der Waals surface area (Å²) in [4.78, 5) is 8.32. The molecular weight excluding hydrogens is 400 g/mol. The summed E-state index contributed by atoms with van der Waals surface area (Å²) in [6.07, 6.45) is 3.45. The Morgan fingerprint density at radius 3 is 2.17 bits per heavy atom. The minimum absolute atomic E-state index is 0.332. The molecule has 0 aliphatic heterocycles. The lowest BCUT2D eigenvalue weighted by Crippen LogP contribution is -2.16. The number of aliphatic hydroxyl groups is 1. The number of aromatic nitrogens is 4. The summed E-state index contributed by atoms with van der Waals surface area (Å²) in [6, 6.07) is 17.7. The molecule has 152 valence electrons. The minimum Gasteiger partial charge on any atom is -0.467 e. The Hall–Kier alpha value is -3.22. The first-order valence-corrected chi connectivity index (χ1v) is 9.79. The van der Waals surface area contributed by atoms with Gasteiger partial charge in [-0.25, -0.2) is 14.6 Å².